The number of carbonyl (C=O) groups excluding carboxylic acids is 1. The van der Waals surface area contributed by atoms with Gasteiger partial charge in [-0.1, -0.05) is 12.0 Å². The molecule has 0 heterocycles. The standard InChI is InChI=1S/C4H7N5O/c1-2-4(10)8-6-3-7-9-5/h2-3H2,1H3. The van der Waals surface area contributed by atoms with Crippen LogP contribution in [0, 0.1) is 0 Å². The molecule has 0 aromatic rings. The Balaban J connectivity index is 3.55. The monoisotopic (exact) mass is 141 g/mol. The molecule has 0 unspecified atom stereocenters. The molecule has 54 valence electrons. The van der Waals surface area contributed by atoms with E-state index in [-0.39, 0.29) is 12.6 Å². The third-order valence-electron chi connectivity index (χ3n) is 0.674. The summed E-state index contributed by atoms with van der Waals surface area (Å²) in [6.45, 7) is 1.57. The zero-order valence-electron chi connectivity index (χ0n) is 5.56. The van der Waals surface area contributed by atoms with Gasteiger partial charge in [0.05, 0.1) is 0 Å². The molecule has 0 aliphatic heterocycles. The van der Waals surface area contributed by atoms with E-state index < -0.39 is 0 Å². The zero-order chi connectivity index (χ0) is 7.82. The van der Waals surface area contributed by atoms with Crippen LogP contribution in [-0.4, -0.2) is 12.6 Å². The predicted octanol–water partition coefficient (Wildman–Crippen LogP) is 1.64. The van der Waals surface area contributed by atoms with E-state index in [0.29, 0.717) is 6.42 Å². The highest BCUT2D eigenvalue weighted by molar-refractivity contribution is 5.75. The van der Waals surface area contributed by atoms with Gasteiger partial charge in [-0.25, -0.2) is 0 Å². The van der Waals surface area contributed by atoms with Crippen LogP contribution < -0.4 is 0 Å². The van der Waals surface area contributed by atoms with Gasteiger partial charge in [0, 0.05) is 11.3 Å². The Morgan fingerprint density at radius 1 is 1.70 bits per heavy atom. The molecule has 6 nitrogen and oxygen atoms in total. The van der Waals surface area contributed by atoms with Crippen LogP contribution in [0.5, 0.6) is 0 Å². The van der Waals surface area contributed by atoms with Gasteiger partial charge >= 0.3 is 0 Å². The Bertz CT molecular complexity index is 180. The van der Waals surface area contributed by atoms with Gasteiger partial charge in [0.25, 0.3) is 5.91 Å². The van der Waals surface area contributed by atoms with Gasteiger partial charge in [-0.2, -0.15) is 5.11 Å². The predicted molar refractivity (Wildman–Crippen MR) is 34.2 cm³/mol. The number of azide groups is 1. The lowest BCUT2D eigenvalue weighted by molar-refractivity contribution is -0.118. The minimum Gasteiger partial charge on any atom is -0.271 e. The highest BCUT2D eigenvalue weighted by Gasteiger charge is 1.88. The summed E-state index contributed by atoms with van der Waals surface area (Å²) in [5, 5.41) is 9.53. The summed E-state index contributed by atoms with van der Waals surface area (Å²) >= 11 is 0. The molecule has 0 rings (SSSR count). The fourth-order valence-electron chi connectivity index (χ4n) is 0.238. The van der Waals surface area contributed by atoms with Gasteiger partial charge in [-0.05, 0) is 5.53 Å². The second-order valence-electron chi connectivity index (χ2n) is 1.36. The van der Waals surface area contributed by atoms with E-state index in [4.69, 9.17) is 5.53 Å². The maximum Gasteiger partial charge on any atom is 0.264 e. The molecule has 0 atom stereocenters. The lowest BCUT2D eigenvalue weighted by Crippen LogP contribution is -1.86. The number of rotatable bonds is 3. The van der Waals surface area contributed by atoms with Crippen molar-refractivity contribution >= 4 is 5.91 Å². The van der Waals surface area contributed by atoms with E-state index in [1.807, 2.05) is 0 Å². The molecule has 0 fully saturated rings. The lowest BCUT2D eigenvalue weighted by Gasteiger charge is -1.80. The van der Waals surface area contributed by atoms with E-state index in [9.17, 15) is 4.79 Å². The molecule has 0 aliphatic carbocycles. The summed E-state index contributed by atoms with van der Waals surface area (Å²) in [6, 6.07) is 0. The fourth-order valence-corrected chi connectivity index (χ4v) is 0.238. The molecule has 0 bridgehead atoms. The van der Waals surface area contributed by atoms with Crippen molar-refractivity contribution in [1.29, 1.82) is 0 Å². The molecule has 10 heavy (non-hydrogen) atoms. The first kappa shape index (κ1) is 8.58. The Hall–Kier alpha value is -1.42. The zero-order valence-corrected chi connectivity index (χ0v) is 5.56. The summed E-state index contributed by atoms with van der Waals surface area (Å²) in [5.74, 6) is -0.312. The first-order valence-electron chi connectivity index (χ1n) is 2.72. The Labute approximate surface area is 57.6 Å². The van der Waals surface area contributed by atoms with Crippen molar-refractivity contribution < 1.29 is 4.79 Å². The molecular formula is C4H7N5O. The van der Waals surface area contributed by atoms with Crippen molar-refractivity contribution in [3.8, 4) is 0 Å². The van der Waals surface area contributed by atoms with E-state index in [1.54, 1.807) is 6.92 Å². The van der Waals surface area contributed by atoms with Crippen LogP contribution in [0.25, 0.3) is 10.4 Å². The molecule has 1 amide bonds. The molecule has 6 heteroatoms. The minimum absolute atomic E-state index is 0.109. The first-order chi connectivity index (χ1) is 4.81. The van der Waals surface area contributed by atoms with E-state index in [1.165, 1.54) is 0 Å². The summed E-state index contributed by atoms with van der Waals surface area (Å²) < 4.78 is 0. The smallest absolute Gasteiger partial charge is 0.264 e. The summed E-state index contributed by atoms with van der Waals surface area (Å²) in [6.07, 6.45) is 0.319. The van der Waals surface area contributed by atoms with Crippen LogP contribution in [0.3, 0.4) is 0 Å². The third kappa shape index (κ3) is 4.73. The van der Waals surface area contributed by atoms with Gasteiger partial charge in [0.15, 0.2) is 0 Å². The van der Waals surface area contributed by atoms with Gasteiger partial charge in [0.1, 0.15) is 6.67 Å². The van der Waals surface area contributed by atoms with Crippen molar-refractivity contribution in [1.82, 2.24) is 0 Å². The van der Waals surface area contributed by atoms with Crippen LogP contribution in [0.2, 0.25) is 0 Å². The fraction of sp³-hybridized carbons (Fsp3) is 0.750. The number of nitrogens with zero attached hydrogens (tertiary/aromatic N) is 5. The van der Waals surface area contributed by atoms with Crippen LogP contribution in [0.15, 0.2) is 15.3 Å². The molecule has 0 spiro atoms. The van der Waals surface area contributed by atoms with Crippen molar-refractivity contribution in [2.24, 2.45) is 15.3 Å². The molecule has 0 radical (unpaired) electrons. The summed E-state index contributed by atoms with van der Waals surface area (Å²) in [5.41, 5.74) is 7.76. The van der Waals surface area contributed by atoms with E-state index in [2.05, 4.69) is 20.3 Å². The summed E-state index contributed by atoms with van der Waals surface area (Å²) in [7, 11) is 0. The third-order valence-corrected chi connectivity index (χ3v) is 0.674. The molecule has 0 aromatic heterocycles. The number of carbonyl (C=O) groups is 1. The number of hydrogen-bond acceptors (Lipinski definition) is 3. The van der Waals surface area contributed by atoms with Crippen LogP contribution >= 0.6 is 0 Å². The quantitative estimate of drug-likeness (QED) is 0.333. The minimum atomic E-state index is -0.312. The average molecular weight is 141 g/mol. The molecule has 0 saturated carbocycles. The maximum absolute atomic E-state index is 10.4. The molecule has 0 aromatic carbocycles. The Morgan fingerprint density at radius 3 is 2.90 bits per heavy atom. The van der Waals surface area contributed by atoms with Crippen molar-refractivity contribution in [2.75, 3.05) is 6.67 Å². The largest absolute Gasteiger partial charge is 0.271 e. The van der Waals surface area contributed by atoms with E-state index in [0.717, 1.165) is 0 Å². The number of azo groups is 1. The highest BCUT2D eigenvalue weighted by Crippen LogP contribution is 1.84. The number of hydrogen-bond donors (Lipinski definition) is 0. The van der Waals surface area contributed by atoms with Crippen molar-refractivity contribution in [3.63, 3.8) is 0 Å². The second kappa shape index (κ2) is 5.71. The van der Waals surface area contributed by atoms with E-state index >= 15 is 0 Å². The molecule has 0 saturated heterocycles. The topological polar surface area (TPSA) is 90.5 Å². The highest BCUT2D eigenvalue weighted by atomic mass is 16.1. The SMILES string of the molecule is CCC(=O)N=NCN=[N+]=[N-]. The molecule has 0 N–H and O–H groups in total. The van der Waals surface area contributed by atoms with Gasteiger partial charge < -0.3 is 0 Å². The number of amides is 1. The van der Waals surface area contributed by atoms with Crippen molar-refractivity contribution in [2.45, 2.75) is 13.3 Å². The average Bonchev–Trinajstić information content (AvgIpc) is 1.98. The maximum atomic E-state index is 10.4. The van der Waals surface area contributed by atoms with Crippen LogP contribution in [0.4, 0.5) is 0 Å². The first-order valence-corrected chi connectivity index (χ1v) is 2.72. The van der Waals surface area contributed by atoms with Crippen LogP contribution in [-0.2, 0) is 4.79 Å². The van der Waals surface area contributed by atoms with Gasteiger partial charge in [-0.3, -0.25) is 4.79 Å². The Morgan fingerprint density at radius 2 is 2.40 bits per heavy atom. The normalized spacial score (nSPS) is 9.30. The van der Waals surface area contributed by atoms with Crippen LogP contribution in [0.1, 0.15) is 13.3 Å². The summed E-state index contributed by atoms with van der Waals surface area (Å²) in [4.78, 5) is 12.8. The lowest BCUT2D eigenvalue weighted by atomic mass is 10.5. The second-order valence-corrected chi connectivity index (χ2v) is 1.36. The van der Waals surface area contributed by atoms with Crippen molar-refractivity contribution in [3.05, 3.63) is 10.4 Å². The van der Waals surface area contributed by atoms with Gasteiger partial charge in [-0.15, -0.1) is 5.11 Å². The molecular weight excluding hydrogens is 134 g/mol. The molecule has 0 aliphatic rings. The van der Waals surface area contributed by atoms with Gasteiger partial charge in [0.2, 0.25) is 0 Å². The Kier molecular flexibility index (Phi) is 4.90.